The first-order chi connectivity index (χ1) is 15.2. The third-order valence-corrected chi connectivity index (χ3v) is 7.26. The van der Waals surface area contributed by atoms with Crippen LogP contribution >= 0.6 is 0 Å². The van der Waals surface area contributed by atoms with Crippen molar-refractivity contribution in [3.63, 3.8) is 0 Å². The van der Waals surface area contributed by atoms with Crippen LogP contribution in [0.15, 0.2) is 35.5 Å². The molecule has 3 aliphatic rings. The molecule has 2 aromatic rings. The smallest absolute Gasteiger partial charge is 0.225 e. The topological polar surface area (TPSA) is 91.6 Å². The number of rotatable bonds is 5. The minimum absolute atomic E-state index is 0.382. The predicted octanol–water partition coefficient (Wildman–Crippen LogP) is 2.90. The molecule has 2 atom stereocenters. The van der Waals surface area contributed by atoms with Crippen LogP contribution in [0.4, 0.5) is 5.95 Å². The number of ether oxygens (including phenoxy) is 2. The summed E-state index contributed by atoms with van der Waals surface area (Å²) in [7, 11) is -2.13. The highest BCUT2D eigenvalue weighted by Crippen LogP contribution is 2.39. The standard InChI is InChI=1S/C22H29N5O3S/c23-31(28)18-13-24-22(25-14-18)26-8-5-16(6-9-26)15-27-7-1-2-19(27)17-3-4-20-21(12-17)30-11-10-29-20/h3-4,12-14,16,19,23,31H,1-2,5-11,15H2/t19-/m1/s1. The third-order valence-electron chi connectivity index (χ3n) is 6.56. The van der Waals surface area contributed by atoms with E-state index in [1.54, 1.807) is 0 Å². The van der Waals surface area contributed by atoms with Crippen LogP contribution in [0.2, 0.25) is 0 Å². The van der Waals surface area contributed by atoms with E-state index in [2.05, 4.69) is 38.0 Å². The monoisotopic (exact) mass is 443 g/mol. The van der Waals surface area contributed by atoms with Crippen molar-refractivity contribution >= 4 is 16.5 Å². The zero-order valence-corrected chi connectivity index (χ0v) is 18.5. The average molecular weight is 444 g/mol. The second-order valence-electron chi connectivity index (χ2n) is 8.52. The Balaban J connectivity index is 1.19. The van der Waals surface area contributed by atoms with Crippen LogP contribution in [0.3, 0.4) is 0 Å². The number of likely N-dealkylation sites (tertiary alicyclic amines) is 1. The average Bonchev–Trinajstić information content (AvgIpc) is 3.27. The zero-order chi connectivity index (χ0) is 21.2. The van der Waals surface area contributed by atoms with E-state index in [1.807, 2.05) is 0 Å². The van der Waals surface area contributed by atoms with Crippen molar-refractivity contribution in [1.82, 2.24) is 14.9 Å². The number of benzene rings is 1. The first-order valence-electron chi connectivity index (χ1n) is 11.1. The van der Waals surface area contributed by atoms with Gasteiger partial charge in [-0.15, -0.1) is 0 Å². The maximum atomic E-state index is 11.2. The van der Waals surface area contributed by atoms with Crippen LogP contribution < -0.4 is 14.4 Å². The van der Waals surface area contributed by atoms with Crippen LogP contribution in [-0.4, -0.2) is 58.5 Å². The van der Waals surface area contributed by atoms with Gasteiger partial charge in [-0.3, -0.25) is 9.68 Å². The fourth-order valence-electron chi connectivity index (χ4n) is 4.92. The van der Waals surface area contributed by atoms with Gasteiger partial charge in [0.2, 0.25) is 5.95 Å². The van der Waals surface area contributed by atoms with E-state index in [0.717, 1.165) is 50.5 Å². The van der Waals surface area contributed by atoms with Crippen LogP contribution in [-0.2, 0) is 10.6 Å². The zero-order valence-electron chi connectivity index (χ0n) is 17.6. The third kappa shape index (κ3) is 4.48. The van der Waals surface area contributed by atoms with E-state index in [1.165, 1.54) is 30.8 Å². The van der Waals surface area contributed by atoms with Gasteiger partial charge in [0.1, 0.15) is 13.2 Å². The van der Waals surface area contributed by atoms with E-state index in [0.29, 0.717) is 36.0 Å². The summed E-state index contributed by atoms with van der Waals surface area (Å²) in [6, 6.07) is 6.88. The van der Waals surface area contributed by atoms with E-state index in [9.17, 15) is 4.21 Å². The quantitative estimate of drug-likeness (QED) is 0.687. The predicted molar refractivity (Wildman–Crippen MR) is 118 cm³/mol. The molecule has 31 heavy (non-hydrogen) atoms. The lowest BCUT2D eigenvalue weighted by atomic mass is 9.95. The second-order valence-corrected chi connectivity index (χ2v) is 9.63. The van der Waals surface area contributed by atoms with Gasteiger partial charge in [-0.25, -0.2) is 14.2 Å². The lowest BCUT2D eigenvalue weighted by Crippen LogP contribution is -2.39. The number of hydrogen-bond donors (Lipinski definition) is 2. The van der Waals surface area contributed by atoms with Crippen LogP contribution in [0.25, 0.3) is 0 Å². The molecule has 2 saturated heterocycles. The number of fused-ring (bicyclic) bond motifs is 1. The fraction of sp³-hybridized carbons (Fsp3) is 0.545. The lowest BCUT2D eigenvalue weighted by molar-refractivity contribution is 0.169. The Hall–Kier alpha value is -2.39. The SMILES string of the molecule is N=[SH](=O)c1cnc(N2CCC(CN3CCC[C@@H]3c3ccc4c(c3)OCCO4)CC2)nc1. The molecular weight excluding hydrogens is 414 g/mol. The Morgan fingerprint density at radius 2 is 1.77 bits per heavy atom. The number of nitrogens with one attached hydrogen (secondary N) is 1. The van der Waals surface area contributed by atoms with Crippen molar-refractivity contribution in [1.29, 1.82) is 4.78 Å². The van der Waals surface area contributed by atoms with Crippen LogP contribution in [0, 0.1) is 10.7 Å². The molecule has 1 aromatic heterocycles. The molecule has 0 spiro atoms. The Morgan fingerprint density at radius 3 is 2.52 bits per heavy atom. The molecule has 166 valence electrons. The minimum atomic E-state index is -2.13. The largest absolute Gasteiger partial charge is 0.486 e. The molecule has 1 N–H and O–H groups in total. The van der Waals surface area contributed by atoms with E-state index in [4.69, 9.17) is 14.3 Å². The van der Waals surface area contributed by atoms with Gasteiger partial charge < -0.3 is 14.4 Å². The number of piperidine rings is 1. The molecule has 0 aliphatic carbocycles. The molecule has 1 unspecified atom stereocenters. The number of nitrogens with zero attached hydrogens (tertiary/aromatic N) is 4. The number of thiol groups is 1. The molecule has 0 amide bonds. The maximum absolute atomic E-state index is 11.2. The van der Waals surface area contributed by atoms with Gasteiger partial charge in [0, 0.05) is 38.1 Å². The Morgan fingerprint density at radius 1 is 1.03 bits per heavy atom. The van der Waals surface area contributed by atoms with Crippen molar-refractivity contribution in [3.8, 4) is 11.5 Å². The maximum Gasteiger partial charge on any atom is 0.225 e. The van der Waals surface area contributed by atoms with Gasteiger partial charge in [0.15, 0.2) is 11.5 Å². The normalized spacial score (nSPS) is 23.1. The van der Waals surface area contributed by atoms with Gasteiger partial charge in [0.05, 0.1) is 15.5 Å². The molecule has 0 saturated carbocycles. The minimum Gasteiger partial charge on any atom is -0.486 e. The number of hydrogen-bond acceptors (Lipinski definition) is 8. The van der Waals surface area contributed by atoms with Crippen molar-refractivity contribution in [3.05, 3.63) is 36.2 Å². The highest BCUT2D eigenvalue weighted by molar-refractivity contribution is 7.73. The van der Waals surface area contributed by atoms with Gasteiger partial charge in [0.25, 0.3) is 0 Å². The summed E-state index contributed by atoms with van der Waals surface area (Å²) in [5.41, 5.74) is 1.33. The lowest BCUT2D eigenvalue weighted by Gasteiger charge is -2.35. The molecule has 2 fully saturated rings. The summed E-state index contributed by atoms with van der Waals surface area (Å²) in [5.74, 6) is 3.08. The summed E-state index contributed by atoms with van der Waals surface area (Å²) >= 11 is 0. The molecule has 8 nitrogen and oxygen atoms in total. The summed E-state index contributed by atoms with van der Waals surface area (Å²) in [6.07, 6.45) is 7.68. The highest BCUT2D eigenvalue weighted by Gasteiger charge is 2.30. The molecule has 1 aromatic carbocycles. The van der Waals surface area contributed by atoms with Crippen molar-refractivity contribution in [2.24, 2.45) is 5.92 Å². The Labute approximate surface area is 184 Å². The van der Waals surface area contributed by atoms with Crippen LogP contribution in [0.1, 0.15) is 37.3 Å². The van der Waals surface area contributed by atoms with Crippen molar-refractivity contribution in [2.75, 3.05) is 44.3 Å². The van der Waals surface area contributed by atoms with Crippen LogP contribution in [0.5, 0.6) is 11.5 Å². The Kier molecular flexibility index (Phi) is 5.95. The number of anilines is 1. The summed E-state index contributed by atoms with van der Waals surface area (Å²) in [4.78, 5) is 13.9. The van der Waals surface area contributed by atoms with Gasteiger partial charge in [-0.1, -0.05) is 6.07 Å². The van der Waals surface area contributed by atoms with Crippen molar-refractivity contribution < 1.29 is 13.7 Å². The summed E-state index contributed by atoms with van der Waals surface area (Å²) < 4.78 is 30.0. The summed E-state index contributed by atoms with van der Waals surface area (Å²) in [5, 5.41) is 0. The Bertz CT molecular complexity index is 981. The molecule has 4 heterocycles. The summed E-state index contributed by atoms with van der Waals surface area (Å²) in [6.45, 7) is 5.37. The first kappa shape index (κ1) is 20.5. The molecule has 0 radical (unpaired) electrons. The van der Waals surface area contributed by atoms with Gasteiger partial charge in [-0.05, 0) is 55.8 Å². The first-order valence-corrected chi connectivity index (χ1v) is 12.3. The molecule has 9 heteroatoms. The van der Waals surface area contributed by atoms with Gasteiger partial charge >= 0.3 is 0 Å². The fourth-order valence-corrected chi connectivity index (χ4v) is 5.24. The second kappa shape index (κ2) is 9.00. The van der Waals surface area contributed by atoms with E-state index >= 15 is 0 Å². The van der Waals surface area contributed by atoms with E-state index < -0.39 is 10.6 Å². The van der Waals surface area contributed by atoms with Crippen molar-refractivity contribution in [2.45, 2.75) is 36.6 Å². The molecule has 5 rings (SSSR count). The molecule has 3 aliphatic heterocycles. The highest BCUT2D eigenvalue weighted by atomic mass is 32.2. The van der Waals surface area contributed by atoms with Gasteiger partial charge in [-0.2, -0.15) is 0 Å². The van der Waals surface area contributed by atoms with E-state index in [-0.39, 0.29) is 0 Å². The number of aromatic nitrogens is 2. The molecule has 0 bridgehead atoms. The molecular formula is C22H29N5O3S.